The maximum atomic E-state index is 12.9. The van der Waals surface area contributed by atoms with Gasteiger partial charge in [-0.05, 0) is 48.9 Å². The summed E-state index contributed by atoms with van der Waals surface area (Å²) in [5, 5.41) is 13.5. The first-order valence-corrected chi connectivity index (χ1v) is 12.1. The number of pyridine rings is 1. The summed E-state index contributed by atoms with van der Waals surface area (Å²) in [5.41, 5.74) is 4.28. The van der Waals surface area contributed by atoms with E-state index in [4.69, 9.17) is 21.3 Å². The average molecular weight is 500 g/mol. The number of hydrogen-bond donors (Lipinski definition) is 1. The molecule has 3 aromatic carbocycles. The highest BCUT2D eigenvalue weighted by molar-refractivity contribution is 8.00. The molecule has 0 saturated heterocycles. The smallest absolute Gasteiger partial charge is 0.237 e. The Morgan fingerprint density at radius 2 is 1.77 bits per heavy atom. The van der Waals surface area contributed by atoms with Gasteiger partial charge in [0.25, 0.3) is 0 Å². The van der Waals surface area contributed by atoms with Crippen molar-refractivity contribution in [2.45, 2.75) is 17.2 Å². The molecule has 1 N–H and O–H groups in total. The number of ether oxygens (including phenoxy) is 1. The minimum absolute atomic E-state index is 0.209. The maximum Gasteiger partial charge on any atom is 0.237 e. The summed E-state index contributed by atoms with van der Waals surface area (Å²) in [7, 11) is 1.61. The van der Waals surface area contributed by atoms with E-state index in [2.05, 4.69) is 11.4 Å². The summed E-state index contributed by atoms with van der Waals surface area (Å²) >= 11 is 7.29. The summed E-state index contributed by atoms with van der Waals surface area (Å²) in [6, 6.07) is 28.5. The van der Waals surface area contributed by atoms with Crippen LogP contribution in [0.5, 0.6) is 5.75 Å². The Morgan fingerprint density at radius 1 is 1.03 bits per heavy atom. The molecule has 7 heteroatoms. The van der Waals surface area contributed by atoms with Crippen LogP contribution >= 0.6 is 23.4 Å². The lowest BCUT2D eigenvalue weighted by molar-refractivity contribution is -0.115. The molecular formula is C28H22ClN3O2S. The Labute approximate surface area is 213 Å². The highest BCUT2D eigenvalue weighted by Crippen LogP contribution is 2.36. The van der Waals surface area contributed by atoms with E-state index < -0.39 is 5.25 Å². The summed E-state index contributed by atoms with van der Waals surface area (Å²) in [4.78, 5) is 17.7. The third kappa shape index (κ3) is 5.83. The van der Waals surface area contributed by atoms with Gasteiger partial charge in [-0.2, -0.15) is 5.26 Å². The van der Waals surface area contributed by atoms with E-state index in [9.17, 15) is 10.1 Å². The Morgan fingerprint density at radius 3 is 2.43 bits per heavy atom. The van der Waals surface area contributed by atoms with Crippen LogP contribution in [0.3, 0.4) is 0 Å². The van der Waals surface area contributed by atoms with Gasteiger partial charge in [-0.15, -0.1) is 0 Å². The first-order chi connectivity index (χ1) is 17.0. The molecular weight excluding hydrogens is 478 g/mol. The average Bonchev–Trinajstić information content (AvgIpc) is 2.88. The molecule has 4 rings (SSSR count). The molecule has 1 heterocycles. The minimum atomic E-state index is -0.511. The van der Waals surface area contributed by atoms with Crippen molar-refractivity contribution in [3.05, 3.63) is 95.5 Å². The van der Waals surface area contributed by atoms with Gasteiger partial charge in [0.2, 0.25) is 5.91 Å². The second-order valence-electron chi connectivity index (χ2n) is 7.70. The van der Waals surface area contributed by atoms with Gasteiger partial charge in [-0.3, -0.25) is 4.79 Å². The lowest BCUT2D eigenvalue weighted by Crippen LogP contribution is -2.22. The Hall–Kier alpha value is -3.79. The molecule has 0 spiro atoms. The van der Waals surface area contributed by atoms with Crippen LogP contribution in [0.2, 0.25) is 5.02 Å². The number of halogens is 1. The monoisotopic (exact) mass is 499 g/mol. The van der Waals surface area contributed by atoms with Gasteiger partial charge < -0.3 is 10.1 Å². The van der Waals surface area contributed by atoms with E-state index in [1.807, 2.05) is 60.7 Å². The number of nitrogens with zero attached hydrogens (tertiary/aromatic N) is 2. The standard InChI is InChI=1S/C28H22ClN3O2S/c1-18(27(33)31-22-10-6-9-21(29)15-22)35-28-25(17-30)24(19-11-13-23(34-2)14-12-19)16-26(32-28)20-7-4-3-5-8-20/h3-16,18H,1-2H3,(H,31,33)/t18-/m0/s1. The highest BCUT2D eigenvalue weighted by atomic mass is 35.5. The topological polar surface area (TPSA) is 75.0 Å². The quantitative estimate of drug-likeness (QED) is 0.275. The molecule has 1 amide bonds. The van der Waals surface area contributed by atoms with Crippen LogP contribution < -0.4 is 10.1 Å². The van der Waals surface area contributed by atoms with Crippen LogP contribution in [0.15, 0.2) is 90.0 Å². The molecule has 0 aliphatic carbocycles. The van der Waals surface area contributed by atoms with Gasteiger partial charge in [-0.25, -0.2) is 4.98 Å². The van der Waals surface area contributed by atoms with Gasteiger partial charge in [0, 0.05) is 21.8 Å². The van der Waals surface area contributed by atoms with E-state index in [0.29, 0.717) is 21.3 Å². The van der Waals surface area contributed by atoms with Crippen molar-refractivity contribution in [2.24, 2.45) is 0 Å². The van der Waals surface area contributed by atoms with Crippen LogP contribution in [0.25, 0.3) is 22.4 Å². The number of amides is 1. The summed E-state index contributed by atoms with van der Waals surface area (Å²) in [6.07, 6.45) is 0. The Balaban J connectivity index is 1.73. The summed E-state index contributed by atoms with van der Waals surface area (Å²) < 4.78 is 5.28. The zero-order chi connectivity index (χ0) is 24.8. The third-order valence-corrected chi connectivity index (χ3v) is 6.64. The number of benzene rings is 3. The molecule has 0 aliphatic heterocycles. The van der Waals surface area contributed by atoms with Crippen molar-refractivity contribution >= 4 is 35.0 Å². The Kier molecular flexibility index (Phi) is 7.71. The first kappa shape index (κ1) is 24.3. The fourth-order valence-corrected chi connectivity index (χ4v) is 4.62. The first-order valence-electron chi connectivity index (χ1n) is 10.9. The SMILES string of the molecule is COc1ccc(-c2cc(-c3ccccc3)nc(S[C@@H](C)C(=O)Nc3cccc(Cl)c3)c2C#N)cc1. The molecule has 174 valence electrons. The fraction of sp³-hybridized carbons (Fsp3) is 0.107. The summed E-state index contributed by atoms with van der Waals surface area (Å²) in [5.74, 6) is 0.518. The normalized spacial score (nSPS) is 11.4. The number of hydrogen-bond acceptors (Lipinski definition) is 5. The van der Waals surface area contributed by atoms with Gasteiger partial charge in [-0.1, -0.05) is 71.9 Å². The van der Waals surface area contributed by atoms with Crippen molar-refractivity contribution in [1.29, 1.82) is 5.26 Å². The molecule has 4 aromatic rings. The van der Waals surface area contributed by atoms with E-state index in [0.717, 1.165) is 28.1 Å². The van der Waals surface area contributed by atoms with Crippen molar-refractivity contribution < 1.29 is 9.53 Å². The van der Waals surface area contributed by atoms with Crippen molar-refractivity contribution in [2.75, 3.05) is 12.4 Å². The van der Waals surface area contributed by atoms with Crippen molar-refractivity contribution in [3.63, 3.8) is 0 Å². The van der Waals surface area contributed by atoms with Crippen LogP contribution in [-0.2, 0) is 4.79 Å². The number of anilines is 1. The third-order valence-electron chi connectivity index (χ3n) is 5.32. The molecule has 0 aliphatic rings. The van der Waals surface area contributed by atoms with E-state index in [-0.39, 0.29) is 5.91 Å². The Bertz CT molecular complexity index is 1390. The number of carbonyl (C=O) groups is 1. The lowest BCUT2D eigenvalue weighted by atomic mass is 9.99. The number of thioether (sulfide) groups is 1. The second-order valence-corrected chi connectivity index (χ2v) is 9.47. The summed E-state index contributed by atoms with van der Waals surface area (Å²) in [6.45, 7) is 1.79. The van der Waals surface area contributed by atoms with E-state index in [1.54, 1.807) is 38.3 Å². The molecule has 35 heavy (non-hydrogen) atoms. The number of nitrogens with one attached hydrogen (secondary N) is 1. The molecule has 0 saturated carbocycles. The molecule has 1 aromatic heterocycles. The molecule has 0 radical (unpaired) electrons. The molecule has 0 unspecified atom stereocenters. The highest BCUT2D eigenvalue weighted by Gasteiger charge is 2.21. The molecule has 0 bridgehead atoms. The predicted molar refractivity (Wildman–Crippen MR) is 142 cm³/mol. The molecule has 0 fully saturated rings. The number of nitriles is 1. The second kappa shape index (κ2) is 11.1. The van der Waals surface area contributed by atoms with E-state index in [1.165, 1.54) is 11.8 Å². The lowest BCUT2D eigenvalue weighted by Gasteiger charge is -2.16. The van der Waals surface area contributed by atoms with Crippen LogP contribution in [0, 0.1) is 11.3 Å². The zero-order valence-corrected chi connectivity index (χ0v) is 20.7. The molecule has 5 nitrogen and oxygen atoms in total. The number of methoxy groups -OCH3 is 1. The fourth-order valence-electron chi connectivity index (χ4n) is 3.50. The van der Waals surface area contributed by atoms with E-state index >= 15 is 0 Å². The van der Waals surface area contributed by atoms with Gasteiger partial charge in [0.05, 0.1) is 23.6 Å². The van der Waals surface area contributed by atoms with Crippen LogP contribution in [-0.4, -0.2) is 23.3 Å². The zero-order valence-electron chi connectivity index (χ0n) is 19.2. The van der Waals surface area contributed by atoms with Crippen LogP contribution in [0.4, 0.5) is 5.69 Å². The van der Waals surface area contributed by atoms with Gasteiger partial charge >= 0.3 is 0 Å². The van der Waals surface area contributed by atoms with Gasteiger partial charge in [0.15, 0.2) is 0 Å². The van der Waals surface area contributed by atoms with Crippen molar-refractivity contribution in [1.82, 2.24) is 4.98 Å². The number of rotatable bonds is 7. The molecule has 1 atom stereocenters. The van der Waals surface area contributed by atoms with Crippen LogP contribution in [0.1, 0.15) is 12.5 Å². The van der Waals surface area contributed by atoms with Crippen molar-refractivity contribution in [3.8, 4) is 34.2 Å². The minimum Gasteiger partial charge on any atom is -0.497 e. The van der Waals surface area contributed by atoms with Gasteiger partial charge in [0.1, 0.15) is 16.8 Å². The largest absolute Gasteiger partial charge is 0.497 e. The predicted octanol–water partition coefficient (Wildman–Crippen LogP) is 7.07. The maximum absolute atomic E-state index is 12.9. The number of aromatic nitrogens is 1. The number of carbonyl (C=O) groups excluding carboxylic acids is 1.